The number of carboxylic acids is 1. The summed E-state index contributed by atoms with van der Waals surface area (Å²) in [7, 11) is 0. The van der Waals surface area contributed by atoms with Gasteiger partial charge in [0.25, 0.3) is 0 Å². The monoisotopic (exact) mass is 174 g/mol. The number of carbonyl (C=O) groups is 1. The van der Waals surface area contributed by atoms with E-state index in [2.05, 4.69) is 4.98 Å². The average Bonchev–Trinajstić information content (AvgIpc) is 2.43. The highest BCUT2D eigenvalue weighted by atomic mass is 16.4. The van der Waals surface area contributed by atoms with Gasteiger partial charge in [0.2, 0.25) is 0 Å². The number of aromatic carboxylic acids is 1. The van der Waals surface area contributed by atoms with Gasteiger partial charge in [-0.15, -0.1) is 0 Å². The van der Waals surface area contributed by atoms with Crippen molar-refractivity contribution in [1.82, 2.24) is 4.98 Å². The molecule has 0 aliphatic carbocycles. The van der Waals surface area contributed by atoms with Crippen LogP contribution in [-0.4, -0.2) is 11.0 Å². The van der Waals surface area contributed by atoms with Crippen molar-refractivity contribution in [2.24, 2.45) is 0 Å². The van der Waals surface area contributed by atoms with Gasteiger partial charge in [-0.3, -0.25) is 0 Å². The van der Waals surface area contributed by atoms with Crippen LogP contribution in [0.25, 0.3) is 10.9 Å². The number of fused-ring (bicyclic) bond motifs is 1. The molecular weight excluding hydrogens is 166 g/mol. The number of aryl methyl sites for hydroxylation is 1. The highest BCUT2D eigenvalue weighted by Crippen LogP contribution is 2.18. The summed E-state index contributed by atoms with van der Waals surface area (Å²) in [6.45, 7) is 1.89. The Labute approximate surface area is 75.0 Å². The third kappa shape index (κ3) is 1.18. The van der Waals surface area contributed by atoms with Gasteiger partial charge in [-0.2, -0.15) is 0 Å². The summed E-state index contributed by atoms with van der Waals surface area (Å²) < 4.78 is 0. The molecule has 0 aliphatic heterocycles. The highest BCUT2D eigenvalue weighted by Gasteiger charge is 2.03. The average molecular weight is 174 g/mol. The smallest absolute Gasteiger partial charge is 0.0736 e. The Hall–Kier alpha value is -1.77. The molecule has 0 bridgehead atoms. The van der Waals surface area contributed by atoms with Crippen LogP contribution in [0.2, 0.25) is 0 Å². The second-order valence-corrected chi connectivity index (χ2v) is 3.01. The maximum Gasteiger partial charge on any atom is 0.0736 e. The SMILES string of the molecule is Cc1cc2cccc(C(=O)[O-])c2[nH]1. The van der Waals surface area contributed by atoms with Crippen molar-refractivity contribution in [1.29, 1.82) is 0 Å². The number of benzene rings is 1. The first-order valence-corrected chi connectivity index (χ1v) is 3.98. The largest absolute Gasteiger partial charge is 0.545 e. The van der Waals surface area contributed by atoms with E-state index in [0.717, 1.165) is 11.1 Å². The number of hydrogen-bond acceptors (Lipinski definition) is 2. The van der Waals surface area contributed by atoms with Crippen LogP contribution in [0.3, 0.4) is 0 Å². The van der Waals surface area contributed by atoms with Crippen LogP contribution in [-0.2, 0) is 0 Å². The van der Waals surface area contributed by atoms with Crippen molar-refractivity contribution in [3.05, 3.63) is 35.5 Å². The molecule has 0 saturated heterocycles. The van der Waals surface area contributed by atoms with Crippen LogP contribution in [0.4, 0.5) is 0 Å². The molecule has 2 aromatic rings. The predicted octanol–water partition coefficient (Wildman–Crippen LogP) is 0.840. The Bertz CT molecular complexity index is 471. The Balaban J connectivity index is 2.82. The zero-order chi connectivity index (χ0) is 9.42. The molecule has 0 radical (unpaired) electrons. The quantitative estimate of drug-likeness (QED) is 0.696. The second kappa shape index (κ2) is 2.62. The molecule has 1 aromatic heterocycles. The van der Waals surface area contributed by atoms with Crippen LogP contribution < -0.4 is 5.11 Å². The summed E-state index contributed by atoms with van der Waals surface area (Å²) in [4.78, 5) is 13.7. The lowest BCUT2D eigenvalue weighted by molar-refractivity contribution is -0.254. The van der Waals surface area contributed by atoms with E-state index in [1.54, 1.807) is 6.07 Å². The number of carboxylic acid groups (broad SMARTS) is 1. The predicted molar refractivity (Wildman–Crippen MR) is 47.4 cm³/mol. The summed E-state index contributed by atoms with van der Waals surface area (Å²) in [6, 6.07) is 7.02. The van der Waals surface area contributed by atoms with Crippen molar-refractivity contribution in [2.75, 3.05) is 0 Å². The third-order valence-electron chi connectivity index (χ3n) is 2.01. The van der Waals surface area contributed by atoms with Crippen molar-refractivity contribution in [2.45, 2.75) is 6.92 Å². The summed E-state index contributed by atoms with van der Waals surface area (Å²) in [5.41, 5.74) is 1.80. The van der Waals surface area contributed by atoms with E-state index in [1.165, 1.54) is 6.07 Å². The fourth-order valence-corrected chi connectivity index (χ4v) is 1.47. The zero-order valence-corrected chi connectivity index (χ0v) is 7.13. The van der Waals surface area contributed by atoms with Gasteiger partial charge < -0.3 is 14.9 Å². The van der Waals surface area contributed by atoms with Gasteiger partial charge in [0.1, 0.15) is 0 Å². The number of aromatic nitrogens is 1. The Morgan fingerprint density at radius 3 is 2.92 bits per heavy atom. The highest BCUT2D eigenvalue weighted by molar-refractivity contribution is 6.01. The number of rotatable bonds is 1. The van der Waals surface area contributed by atoms with Gasteiger partial charge in [-0.05, 0) is 13.0 Å². The lowest BCUT2D eigenvalue weighted by atomic mass is 10.1. The topological polar surface area (TPSA) is 55.9 Å². The molecule has 0 fully saturated rings. The van der Waals surface area contributed by atoms with Gasteiger partial charge in [-0.25, -0.2) is 0 Å². The molecule has 66 valence electrons. The molecule has 0 spiro atoms. The molecular formula is C10H8NO2-. The van der Waals surface area contributed by atoms with Gasteiger partial charge in [0.05, 0.1) is 11.5 Å². The standard InChI is InChI=1S/C10H9NO2/c1-6-5-7-3-2-4-8(10(12)13)9(7)11-6/h2-5,11H,1H3,(H,12,13)/p-1. The molecule has 0 aliphatic rings. The van der Waals surface area contributed by atoms with E-state index in [9.17, 15) is 9.90 Å². The maximum atomic E-state index is 10.7. The van der Waals surface area contributed by atoms with Crippen molar-refractivity contribution < 1.29 is 9.90 Å². The van der Waals surface area contributed by atoms with E-state index in [1.807, 2.05) is 19.1 Å². The fourth-order valence-electron chi connectivity index (χ4n) is 1.47. The fraction of sp³-hybridized carbons (Fsp3) is 0.100. The minimum Gasteiger partial charge on any atom is -0.545 e. The summed E-state index contributed by atoms with van der Waals surface area (Å²) >= 11 is 0. The Morgan fingerprint density at radius 2 is 2.23 bits per heavy atom. The molecule has 13 heavy (non-hydrogen) atoms. The number of H-pyrrole nitrogens is 1. The van der Waals surface area contributed by atoms with Crippen LogP contribution in [0.1, 0.15) is 16.1 Å². The number of nitrogens with one attached hydrogen (secondary N) is 1. The molecule has 1 heterocycles. The van der Waals surface area contributed by atoms with Crippen molar-refractivity contribution >= 4 is 16.9 Å². The van der Waals surface area contributed by atoms with E-state index < -0.39 is 5.97 Å². The summed E-state index contributed by atoms with van der Waals surface area (Å²) in [5, 5.41) is 11.6. The lowest BCUT2D eigenvalue weighted by Crippen LogP contribution is -2.22. The molecule has 3 heteroatoms. The minimum atomic E-state index is -1.15. The van der Waals surface area contributed by atoms with E-state index in [-0.39, 0.29) is 5.56 Å². The number of para-hydroxylation sites is 1. The molecule has 2 rings (SSSR count). The van der Waals surface area contributed by atoms with Crippen LogP contribution in [0.15, 0.2) is 24.3 Å². The maximum absolute atomic E-state index is 10.7. The molecule has 1 aromatic carbocycles. The van der Waals surface area contributed by atoms with Gasteiger partial charge in [-0.1, -0.05) is 18.2 Å². The molecule has 0 unspecified atom stereocenters. The minimum absolute atomic E-state index is 0.214. The van der Waals surface area contributed by atoms with Crippen LogP contribution in [0, 0.1) is 6.92 Å². The number of aromatic amines is 1. The van der Waals surface area contributed by atoms with Crippen molar-refractivity contribution in [3.63, 3.8) is 0 Å². The first-order chi connectivity index (χ1) is 6.18. The molecule has 3 nitrogen and oxygen atoms in total. The molecule has 0 amide bonds. The lowest BCUT2D eigenvalue weighted by Gasteiger charge is -2.02. The Kier molecular flexibility index (Phi) is 1.59. The van der Waals surface area contributed by atoms with E-state index >= 15 is 0 Å². The zero-order valence-electron chi connectivity index (χ0n) is 7.13. The van der Waals surface area contributed by atoms with Gasteiger partial charge in [0, 0.05) is 16.6 Å². The van der Waals surface area contributed by atoms with Gasteiger partial charge in [0.15, 0.2) is 0 Å². The first kappa shape index (κ1) is 7.86. The summed E-state index contributed by atoms with van der Waals surface area (Å²) in [5.74, 6) is -1.15. The molecule has 0 saturated carbocycles. The third-order valence-corrected chi connectivity index (χ3v) is 2.01. The normalized spacial score (nSPS) is 10.5. The van der Waals surface area contributed by atoms with E-state index in [4.69, 9.17) is 0 Å². The second-order valence-electron chi connectivity index (χ2n) is 3.01. The number of carbonyl (C=O) groups excluding carboxylic acids is 1. The number of hydrogen-bond donors (Lipinski definition) is 1. The molecule has 1 N–H and O–H groups in total. The molecule has 0 atom stereocenters. The van der Waals surface area contributed by atoms with Gasteiger partial charge >= 0.3 is 0 Å². The first-order valence-electron chi connectivity index (χ1n) is 3.98. The summed E-state index contributed by atoms with van der Waals surface area (Å²) in [6.07, 6.45) is 0. The van der Waals surface area contributed by atoms with Crippen LogP contribution >= 0.6 is 0 Å². The van der Waals surface area contributed by atoms with Crippen LogP contribution in [0.5, 0.6) is 0 Å². The Morgan fingerprint density at radius 1 is 1.46 bits per heavy atom. The van der Waals surface area contributed by atoms with Crippen molar-refractivity contribution in [3.8, 4) is 0 Å². The van der Waals surface area contributed by atoms with E-state index in [0.29, 0.717) is 5.52 Å².